The number of carboxylic acid groups (broad SMARTS) is 1. The Morgan fingerprint density at radius 2 is 2.19 bits per heavy atom. The van der Waals surface area contributed by atoms with Crippen LogP contribution in [0.3, 0.4) is 0 Å². The molecule has 2 aliphatic heterocycles. The molecule has 2 aromatic rings. The molecule has 0 spiro atoms. The summed E-state index contributed by atoms with van der Waals surface area (Å²) in [5.74, 6) is -5.21. The van der Waals surface area contributed by atoms with Gasteiger partial charge in [-0.1, -0.05) is 28.1 Å². The van der Waals surface area contributed by atoms with Gasteiger partial charge in [0.2, 0.25) is 0 Å². The number of aliphatic imine (C=N–C) groups is 1. The van der Waals surface area contributed by atoms with Crippen molar-refractivity contribution in [3.63, 3.8) is 0 Å². The number of esters is 1. The molecule has 2 atom stereocenters. The van der Waals surface area contributed by atoms with Crippen LogP contribution < -0.4 is 5.32 Å². The number of aromatic nitrogens is 1. The first-order valence-corrected chi connectivity index (χ1v) is 12.9. The zero-order valence-electron chi connectivity index (χ0n) is 19.5. The molecule has 0 radical (unpaired) electrons. The lowest BCUT2D eigenvalue weighted by atomic mass is 9.95. The van der Waals surface area contributed by atoms with Crippen LogP contribution in [0.2, 0.25) is 0 Å². The lowest BCUT2D eigenvalue weighted by Gasteiger charge is -2.31. The Hall–Kier alpha value is -3.03. The molecule has 4 rings (SSSR count). The van der Waals surface area contributed by atoms with Gasteiger partial charge in [0, 0.05) is 46.8 Å². The number of alkyl halides is 2. The maximum Gasteiger partial charge on any atom is 0.338 e. The summed E-state index contributed by atoms with van der Waals surface area (Å²) in [6.07, 6.45) is 3.04. The fraction of sp³-hybridized carbons (Fsp3) is 0.333. The molecule has 0 aliphatic carbocycles. The molecule has 1 aromatic heterocycles. The zero-order chi connectivity index (χ0) is 26.7. The fourth-order valence-electron chi connectivity index (χ4n) is 4.24. The largest absolute Gasteiger partial charge is 0.478 e. The van der Waals surface area contributed by atoms with Crippen LogP contribution in [0.4, 0.5) is 13.2 Å². The summed E-state index contributed by atoms with van der Waals surface area (Å²) in [6.45, 7) is 0.895. The SMILES string of the molecule is CCOC(=O)C1=C(CN2CC(F)(F)CC2/C=C/C(=O)O)NC(c2nccs2)=NC1c1ccc(F)cc1Br. The molecule has 1 fully saturated rings. The van der Waals surface area contributed by atoms with Crippen molar-refractivity contribution in [2.24, 2.45) is 4.99 Å². The average molecular weight is 599 g/mol. The summed E-state index contributed by atoms with van der Waals surface area (Å²) in [7, 11) is 0. The topological polar surface area (TPSA) is 104 Å². The summed E-state index contributed by atoms with van der Waals surface area (Å²) in [5.41, 5.74) is 0.795. The number of halogens is 4. The zero-order valence-corrected chi connectivity index (χ0v) is 21.9. The van der Waals surface area contributed by atoms with Crippen LogP contribution in [0.25, 0.3) is 0 Å². The second kappa shape index (κ2) is 11.2. The number of amidine groups is 1. The maximum absolute atomic E-state index is 14.4. The van der Waals surface area contributed by atoms with Crippen LogP contribution >= 0.6 is 27.3 Å². The highest BCUT2D eigenvalue weighted by atomic mass is 79.9. The molecule has 8 nitrogen and oxygen atoms in total. The Kier molecular flexibility index (Phi) is 8.14. The van der Waals surface area contributed by atoms with Gasteiger partial charge in [-0.25, -0.2) is 27.7 Å². The van der Waals surface area contributed by atoms with E-state index in [4.69, 9.17) is 9.84 Å². The first-order valence-electron chi connectivity index (χ1n) is 11.2. The van der Waals surface area contributed by atoms with E-state index < -0.39 is 48.7 Å². The minimum Gasteiger partial charge on any atom is -0.478 e. The predicted octanol–water partition coefficient (Wildman–Crippen LogP) is 4.30. The second-order valence-electron chi connectivity index (χ2n) is 8.35. The Balaban J connectivity index is 1.82. The van der Waals surface area contributed by atoms with Crippen molar-refractivity contribution in [2.75, 3.05) is 19.7 Å². The lowest BCUT2D eigenvalue weighted by Crippen LogP contribution is -2.41. The van der Waals surface area contributed by atoms with Crippen molar-refractivity contribution in [2.45, 2.75) is 31.4 Å². The van der Waals surface area contributed by atoms with Gasteiger partial charge in [0.25, 0.3) is 5.92 Å². The van der Waals surface area contributed by atoms with Gasteiger partial charge >= 0.3 is 11.9 Å². The molecule has 3 heterocycles. The van der Waals surface area contributed by atoms with E-state index in [1.165, 1.54) is 40.5 Å². The predicted molar refractivity (Wildman–Crippen MR) is 134 cm³/mol. The highest BCUT2D eigenvalue weighted by Gasteiger charge is 2.45. The van der Waals surface area contributed by atoms with Gasteiger partial charge in [-0.05, 0) is 24.6 Å². The normalized spacial score (nSPS) is 21.7. The highest BCUT2D eigenvalue weighted by molar-refractivity contribution is 9.10. The number of benzene rings is 1. The molecule has 13 heteroatoms. The first-order chi connectivity index (χ1) is 17.6. The van der Waals surface area contributed by atoms with E-state index in [-0.39, 0.29) is 24.4 Å². The van der Waals surface area contributed by atoms with E-state index in [9.17, 15) is 22.8 Å². The Bertz CT molecular complexity index is 1280. The molecule has 1 aromatic carbocycles. The van der Waals surface area contributed by atoms with Crippen molar-refractivity contribution < 1.29 is 32.6 Å². The van der Waals surface area contributed by atoms with Gasteiger partial charge in [-0.15, -0.1) is 11.3 Å². The van der Waals surface area contributed by atoms with Crippen LogP contribution in [0.15, 0.2) is 62.7 Å². The van der Waals surface area contributed by atoms with Crippen LogP contribution in [-0.4, -0.2) is 64.4 Å². The number of likely N-dealkylation sites (tertiary alicyclic amines) is 1. The third kappa shape index (κ3) is 6.28. The Morgan fingerprint density at radius 3 is 2.84 bits per heavy atom. The van der Waals surface area contributed by atoms with Gasteiger partial charge in [0.15, 0.2) is 10.8 Å². The Labute approximate surface area is 222 Å². The van der Waals surface area contributed by atoms with E-state index >= 15 is 0 Å². The fourth-order valence-corrected chi connectivity index (χ4v) is 5.40. The molecular formula is C24H22BrF3N4O4S. The van der Waals surface area contributed by atoms with Gasteiger partial charge in [-0.3, -0.25) is 9.89 Å². The van der Waals surface area contributed by atoms with Crippen molar-refractivity contribution in [3.05, 3.63) is 74.1 Å². The van der Waals surface area contributed by atoms with Crippen molar-refractivity contribution in [1.82, 2.24) is 15.2 Å². The third-order valence-electron chi connectivity index (χ3n) is 5.75. The summed E-state index contributed by atoms with van der Waals surface area (Å²) >= 11 is 4.63. The minimum absolute atomic E-state index is 0.0573. The summed E-state index contributed by atoms with van der Waals surface area (Å²) < 4.78 is 48.3. The molecule has 37 heavy (non-hydrogen) atoms. The van der Waals surface area contributed by atoms with Gasteiger partial charge in [0.1, 0.15) is 11.9 Å². The number of rotatable bonds is 8. The third-order valence-corrected chi connectivity index (χ3v) is 7.21. The smallest absolute Gasteiger partial charge is 0.338 e. The molecule has 2 aliphatic rings. The number of aliphatic carboxylic acids is 1. The van der Waals surface area contributed by atoms with Crippen LogP contribution in [-0.2, 0) is 14.3 Å². The molecule has 2 unspecified atom stereocenters. The molecule has 196 valence electrons. The van der Waals surface area contributed by atoms with Gasteiger partial charge in [0.05, 0.1) is 18.7 Å². The van der Waals surface area contributed by atoms with E-state index in [2.05, 4.69) is 31.2 Å². The van der Waals surface area contributed by atoms with Gasteiger partial charge < -0.3 is 15.2 Å². The number of hydrogen-bond donors (Lipinski definition) is 2. The Morgan fingerprint density at radius 1 is 1.41 bits per heavy atom. The summed E-state index contributed by atoms with van der Waals surface area (Å²) in [4.78, 5) is 34.6. The highest BCUT2D eigenvalue weighted by Crippen LogP contribution is 2.39. The van der Waals surface area contributed by atoms with Crippen LogP contribution in [0, 0.1) is 5.82 Å². The summed E-state index contributed by atoms with van der Waals surface area (Å²) in [6, 6.07) is 2.11. The molecular weight excluding hydrogens is 577 g/mol. The summed E-state index contributed by atoms with van der Waals surface area (Å²) in [5, 5.41) is 14.3. The average Bonchev–Trinajstić information content (AvgIpc) is 3.45. The molecule has 2 N–H and O–H groups in total. The van der Waals surface area contributed by atoms with Crippen LogP contribution in [0.1, 0.15) is 30.0 Å². The van der Waals surface area contributed by atoms with E-state index in [1.807, 2.05) is 0 Å². The van der Waals surface area contributed by atoms with Crippen molar-refractivity contribution in [3.8, 4) is 0 Å². The first kappa shape index (κ1) is 27.0. The monoisotopic (exact) mass is 598 g/mol. The van der Waals surface area contributed by atoms with Gasteiger partial charge in [-0.2, -0.15) is 0 Å². The number of nitrogens with zero attached hydrogens (tertiary/aromatic N) is 3. The van der Waals surface area contributed by atoms with Crippen molar-refractivity contribution >= 4 is 45.0 Å². The number of carboxylic acids is 1. The minimum atomic E-state index is -3.06. The molecule has 0 saturated carbocycles. The lowest BCUT2D eigenvalue weighted by molar-refractivity contribution is -0.139. The number of ether oxygens (including phenoxy) is 1. The van der Waals surface area contributed by atoms with E-state index in [0.717, 1.165) is 6.08 Å². The molecule has 1 saturated heterocycles. The van der Waals surface area contributed by atoms with Crippen LogP contribution in [0.5, 0.6) is 0 Å². The number of carbonyl (C=O) groups is 2. The molecule has 0 bridgehead atoms. The maximum atomic E-state index is 14.4. The number of thiazole rings is 1. The number of nitrogens with one attached hydrogen (secondary N) is 1. The van der Waals surface area contributed by atoms with Crippen molar-refractivity contribution in [1.29, 1.82) is 0 Å². The number of hydrogen-bond acceptors (Lipinski definition) is 8. The number of carbonyl (C=O) groups excluding carboxylic acids is 1. The second-order valence-corrected chi connectivity index (χ2v) is 10.1. The molecule has 0 amide bonds. The van der Waals surface area contributed by atoms with E-state index in [0.29, 0.717) is 20.9 Å². The standard InChI is InChI=1S/C24H22BrF3N4O4S/c1-2-36-23(35)19-17(11-32-12-24(27,28)10-14(32)4-6-18(33)34)30-21(22-29-7-8-37-22)31-20(19)15-5-3-13(26)9-16(15)25/h3-9,14,20H,2,10-12H2,1H3,(H,30,31)(H,33,34)/b6-4+. The van der Waals surface area contributed by atoms with E-state index in [1.54, 1.807) is 18.5 Å². The quantitative estimate of drug-likeness (QED) is 0.345.